The van der Waals surface area contributed by atoms with Crippen molar-refractivity contribution < 1.29 is 74.6 Å². The van der Waals surface area contributed by atoms with Gasteiger partial charge in [-0.1, -0.05) is 140 Å². The van der Waals surface area contributed by atoms with Crippen LogP contribution in [0.15, 0.2) is 181 Å². The second kappa shape index (κ2) is 41.2. The summed E-state index contributed by atoms with van der Waals surface area (Å²) in [5.41, 5.74) is 6.29. The number of phenols is 1. The number of aliphatic imine (C=N–C) groups is 1. The van der Waals surface area contributed by atoms with Crippen LogP contribution < -0.4 is 19.5 Å². The maximum atomic E-state index is 12.7. The molecule has 14 nitrogen and oxygen atoms in total. The van der Waals surface area contributed by atoms with Crippen LogP contribution in [-0.4, -0.2) is 67.4 Å². The number of benzene rings is 5. The first-order valence-electron chi connectivity index (χ1n) is 32.5. The van der Waals surface area contributed by atoms with E-state index in [0.29, 0.717) is 72.0 Å². The normalized spacial score (nSPS) is 14.2. The molecule has 486 valence electrons. The van der Waals surface area contributed by atoms with Crippen molar-refractivity contribution in [3.63, 3.8) is 0 Å². The summed E-state index contributed by atoms with van der Waals surface area (Å²) in [6.07, 6.45) is 38.0. The Morgan fingerprint density at radius 2 is 0.945 bits per heavy atom. The number of carbonyl (C=O) groups is 5. The van der Waals surface area contributed by atoms with Crippen molar-refractivity contribution in [2.75, 3.05) is 31.7 Å². The number of hydrogen-bond donors (Lipinski definition) is 2. The molecule has 0 radical (unpaired) electrons. The Hall–Kier alpha value is -8.26. The number of rotatable bonds is 36. The molecule has 0 spiro atoms. The van der Waals surface area contributed by atoms with E-state index >= 15 is 0 Å². The molecule has 3 aliphatic rings. The summed E-state index contributed by atoms with van der Waals surface area (Å²) in [6, 6.07) is 35.2. The summed E-state index contributed by atoms with van der Waals surface area (Å²) >= 11 is 0. The van der Waals surface area contributed by atoms with Crippen LogP contribution in [0.4, 0.5) is 11.4 Å². The van der Waals surface area contributed by atoms with Crippen LogP contribution >= 0.6 is 0 Å². The predicted molar refractivity (Wildman–Crippen MR) is 355 cm³/mol. The number of nitrogens with zero attached hydrogens (tertiary/aromatic N) is 1. The largest absolute Gasteiger partial charge is 1.00 e. The SMILES string of the molecule is C=CC(=O)OCCCCCCCCCCOc1ccc(C(=O)OC2=CC(=O)/C(=C\Nc3ccc(C4CCCC4)cc3)C=C2)cc1.C=CC(=O)OCCCCCCCCCCOc1ccc(C(=O)Oc2ccc(C=Nc3ccc(C4CCCC4)cc3)c(O)c2)cc1.[Cu+]. The maximum absolute atomic E-state index is 12.7. The zero-order valence-electron chi connectivity index (χ0n) is 52.6. The van der Waals surface area contributed by atoms with Gasteiger partial charge in [-0.3, -0.25) is 9.79 Å². The number of carbonyl (C=O) groups excluding carboxylic acids is 5. The Kier molecular flexibility index (Phi) is 32.5. The van der Waals surface area contributed by atoms with Crippen LogP contribution in [0.2, 0.25) is 0 Å². The maximum Gasteiger partial charge on any atom is 1.00 e. The first-order chi connectivity index (χ1) is 44.0. The molecule has 0 amide bonds. The molecule has 0 bridgehead atoms. The fourth-order valence-electron chi connectivity index (χ4n) is 11.0. The molecule has 2 saturated carbocycles. The van der Waals surface area contributed by atoms with Gasteiger partial charge in [-0.2, -0.15) is 0 Å². The number of esters is 4. The number of phenolic OH excluding ortho intramolecular Hbond substituents is 1. The quantitative estimate of drug-likeness (QED) is 0.00735. The third-order valence-electron chi connectivity index (χ3n) is 16.2. The van der Waals surface area contributed by atoms with Gasteiger partial charge in [0.1, 0.15) is 28.8 Å². The van der Waals surface area contributed by atoms with E-state index in [1.807, 2.05) is 24.3 Å². The zero-order valence-corrected chi connectivity index (χ0v) is 53.5. The number of aromatic hydroxyl groups is 1. The topological polar surface area (TPSA) is 185 Å². The Morgan fingerprint density at radius 3 is 1.40 bits per heavy atom. The zero-order chi connectivity index (χ0) is 63.4. The smallest absolute Gasteiger partial charge is 0.507 e. The molecule has 0 aliphatic heterocycles. The molecule has 15 heteroatoms. The average Bonchev–Trinajstić information content (AvgIpc) is 4.29. The number of allylic oxidation sites excluding steroid dienone is 4. The van der Waals surface area contributed by atoms with Gasteiger partial charge in [-0.15, -0.1) is 0 Å². The van der Waals surface area contributed by atoms with E-state index in [4.69, 9.17) is 28.4 Å². The Bertz CT molecular complexity index is 3190. The third kappa shape index (κ3) is 26.6. The van der Waals surface area contributed by atoms with E-state index in [0.717, 1.165) is 88.4 Å². The van der Waals surface area contributed by atoms with Crippen molar-refractivity contribution >= 4 is 47.2 Å². The molecule has 2 fully saturated rings. The summed E-state index contributed by atoms with van der Waals surface area (Å²) in [6.45, 7) is 8.94. The summed E-state index contributed by atoms with van der Waals surface area (Å²) < 4.78 is 32.5. The minimum atomic E-state index is -0.532. The van der Waals surface area contributed by atoms with Crippen molar-refractivity contribution in [3.8, 4) is 23.0 Å². The first kappa shape index (κ1) is 71.8. The summed E-state index contributed by atoms with van der Waals surface area (Å²) in [5.74, 6) is 1.20. The van der Waals surface area contributed by atoms with Crippen LogP contribution in [0.25, 0.3) is 0 Å². The van der Waals surface area contributed by atoms with Crippen LogP contribution in [0.5, 0.6) is 23.0 Å². The van der Waals surface area contributed by atoms with Gasteiger partial charge in [0.25, 0.3) is 0 Å². The molecule has 5 aromatic rings. The number of ether oxygens (including phenoxy) is 6. The molecule has 5 aromatic carbocycles. The van der Waals surface area contributed by atoms with Crippen molar-refractivity contribution in [2.45, 2.75) is 166 Å². The Morgan fingerprint density at radius 1 is 0.516 bits per heavy atom. The van der Waals surface area contributed by atoms with Crippen molar-refractivity contribution in [3.05, 3.63) is 204 Å². The van der Waals surface area contributed by atoms with Gasteiger partial charge in [0, 0.05) is 53.5 Å². The second-order valence-electron chi connectivity index (χ2n) is 23.1. The molecule has 2 N–H and O–H groups in total. The van der Waals surface area contributed by atoms with Gasteiger partial charge in [0.2, 0.25) is 0 Å². The van der Waals surface area contributed by atoms with Crippen LogP contribution in [-0.2, 0) is 45.7 Å². The van der Waals surface area contributed by atoms with E-state index in [1.54, 1.807) is 85.2 Å². The minimum absolute atomic E-state index is 0. The van der Waals surface area contributed by atoms with Crippen molar-refractivity contribution in [1.82, 2.24) is 0 Å². The molecule has 0 heterocycles. The summed E-state index contributed by atoms with van der Waals surface area (Å²) in [4.78, 5) is 64.4. The fraction of sp³-hybridized carbons (Fsp3) is 0.395. The Balaban J connectivity index is 0.000000286. The number of ketones is 1. The molecule has 0 saturated heterocycles. The van der Waals surface area contributed by atoms with Gasteiger partial charge in [-0.25, -0.2) is 19.2 Å². The van der Waals surface area contributed by atoms with E-state index in [9.17, 15) is 29.1 Å². The van der Waals surface area contributed by atoms with Gasteiger partial charge < -0.3 is 38.8 Å². The molecule has 0 aromatic heterocycles. The monoisotopic (exact) mass is 1290 g/mol. The fourth-order valence-corrected chi connectivity index (χ4v) is 11.0. The minimum Gasteiger partial charge on any atom is -0.507 e. The molecule has 3 aliphatic carbocycles. The first-order valence-corrected chi connectivity index (χ1v) is 32.5. The van der Waals surface area contributed by atoms with Crippen molar-refractivity contribution in [1.29, 1.82) is 0 Å². The summed E-state index contributed by atoms with van der Waals surface area (Å²) in [5, 5.41) is 13.7. The van der Waals surface area contributed by atoms with E-state index in [1.165, 1.54) is 112 Å². The molecular formula is C76H90CuN2O12+. The Labute approximate surface area is 548 Å². The number of hydrogen-bond acceptors (Lipinski definition) is 14. The van der Waals surface area contributed by atoms with Gasteiger partial charge in [-0.05, 0) is 171 Å². The number of anilines is 1. The van der Waals surface area contributed by atoms with Crippen LogP contribution in [0.3, 0.4) is 0 Å². The molecule has 0 unspecified atom stereocenters. The van der Waals surface area contributed by atoms with E-state index in [-0.39, 0.29) is 52.0 Å². The third-order valence-corrected chi connectivity index (χ3v) is 16.2. The average molecular weight is 1290 g/mol. The van der Waals surface area contributed by atoms with E-state index < -0.39 is 11.9 Å². The number of nitrogens with one attached hydrogen (secondary N) is 1. The molecular weight excluding hydrogens is 1200 g/mol. The second-order valence-corrected chi connectivity index (χ2v) is 23.1. The molecule has 0 atom stereocenters. The standard InChI is InChI=1S/2C38H45NO6.Cu/c2*1-2-37(41)44-26-12-8-6-4-3-5-7-11-25-43-34-22-17-31(18-23-34)38(42)45-35-24-19-32(36(40)27-35)28-39-33-20-15-30(16-21-33)29-13-9-10-14-29;/h2,15-24,27-29,40H,1,3-14,25-26H2;2,15-24,27-29,39H,1,3-14,25-26H2;/q;;+1/b;32-28-;. The van der Waals surface area contributed by atoms with Gasteiger partial charge in [0.15, 0.2) is 5.78 Å². The predicted octanol–water partition coefficient (Wildman–Crippen LogP) is 18.0. The summed E-state index contributed by atoms with van der Waals surface area (Å²) in [7, 11) is 0. The van der Waals surface area contributed by atoms with Crippen molar-refractivity contribution in [2.24, 2.45) is 4.99 Å². The molecule has 8 rings (SSSR count). The number of unbranched alkanes of at least 4 members (excludes halogenated alkanes) is 14. The van der Waals surface area contributed by atoms with E-state index in [2.05, 4.69) is 47.7 Å². The molecule has 91 heavy (non-hydrogen) atoms. The van der Waals surface area contributed by atoms with Gasteiger partial charge >= 0.3 is 40.9 Å². The van der Waals surface area contributed by atoms with Crippen LogP contribution in [0, 0.1) is 0 Å². The van der Waals surface area contributed by atoms with Gasteiger partial charge in [0.05, 0.1) is 43.2 Å². The van der Waals surface area contributed by atoms with Crippen LogP contribution in [0.1, 0.15) is 203 Å².